The third-order valence-corrected chi connectivity index (χ3v) is 3.15. The molecule has 0 atom stereocenters. The molecule has 1 aromatic heterocycles. The number of carbonyl (C=O) groups excluding carboxylic acids is 1. The van der Waals surface area contributed by atoms with Crippen LogP contribution < -0.4 is 0 Å². The van der Waals surface area contributed by atoms with E-state index in [1.807, 2.05) is 24.3 Å². The predicted octanol–water partition coefficient (Wildman–Crippen LogP) is 1.75. The molecule has 1 saturated carbocycles. The van der Waals surface area contributed by atoms with Crippen molar-refractivity contribution < 1.29 is 4.79 Å². The quantitative estimate of drug-likeness (QED) is 0.738. The van der Waals surface area contributed by atoms with Crippen LogP contribution in [0.15, 0.2) is 30.5 Å². The predicted molar refractivity (Wildman–Crippen MR) is 61.1 cm³/mol. The third-order valence-electron chi connectivity index (χ3n) is 3.15. The van der Waals surface area contributed by atoms with Gasteiger partial charge in [0.1, 0.15) is 11.2 Å². The Morgan fingerprint density at radius 1 is 1.24 bits per heavy atom. The Morgan fingerprint density at radius 3 is 2.59 bits per heavy atom. The van der Waals surface area contributed by atoms with Gasteiger partial charge in [0.15, 0.2) is 0 Å². The number of aromatic nitrogens is 2. The normalized spacial score (nSPS) is 17.5. The fraction of sp³-hybridized carbons (Fsp3) is 0.231. The number of nitrogens with zero attached hydrogens (tertiary/aromatic N) is 3. The van der Waals surface area contributed by atoms with Crippen molar-refractivity contribution in [2.45, 2.75) is 18.3 Å². The average Bonchev–Trinajstić information content (AvgIpc) is 2.34. The van der Waals surface area contributed by atoms with Crippen LogP contribution in [0.3, 0.4) is 0 Å². The van der Waals surface area contributed by atoms with Crippen molar-refractivity contribution >= 4 is 16.8 Å². The largest absolute Gasteiger partial charge is 0.300 e. The van der Waals surface area contributed by atoms with Gasteiger partial charge >= 0.3 is 0 Å². The van der Waals surface area contributed by atoms with Gasteiger partial charge in [-0.3, -0.25) is 9.78 Å². The average molecular weight is 223 g/mol. The highest BCUT2D eigenvalue weighted by atomic mass is 16.1. The molecular weight excluding hydrogens is 214 g/mol. The van der Waals surface area contributed by atoms with E-state index in [2.05, 4.69) is 16.0 Å². The summed E-state index contributed by atoms with van der Waals surface area (Å²) in [6.07, 6.45) is 2.13. The molecule has 4 nitrogen and oxygen atoms in total. The van der Waals surface area contributed by atoms with Crippen LogP contribution in [-0.2, 0) is 10.2 Å². The van der Waals surface area contributed by atoms with Crippen molar-refractivity contribution in [2.24, 2.45) is 0 Å². The molecule has 1 aromatic carbocycles. The Hall–Kier alpha value is -2.28. The number of hydrogen-bond donors (Lipinski definition) is 0. The Morgan fingerprint density at radius 2 is 1.94 bits per heavy atom. The lowest BCUT2D eigenvalue weighted by atomic mass is 9.67. The molecule has 0 bridgehead atoms. The summed E-state index contributed by atoms with van der Waals surface area (Å²) in [4.78, 5) is 19.8. The van der Waals surface area contributed by atoms with E-state index < -0.39 is 5.41 Å². The molecule has 0 spiro atoms. The zero-order valence-electron chi connectivity index (χ0n) is 9.05. The molecule has 0 radical (unpaired) electrons. The van der Waals surface area contributed by atoms with Crippen LogP contribution in [0, 0.1) is 11.3 Å². The summed E-state index contributed by atoms with van der Waals surface area (Å²) < 4.78 is 0. The molecule has 3 rings (SSSR count). The first-order valence-corrected chi connectivity index (χ1v) is 5.39. The van der Waals surface area contributed by atoms with Crippen LogP contribution in [0.25, 0.3) is 11.0 Å². The standard InChI is InChI=1S/C13H9N3O/c14-8-13(5-9(17)6-13)12-7-15-10-3-1-2-4-11(10)16-12/h1-4,7H,5-6H2. The van der Waals surface area contributed by atoms with Gasteiger partial charge < -0.3 is 0 Å². The lowest BCUT2D eigenvalue weighted by molar-refractivity contribution is -0.126. The van der Waals surface area contributed by atoms with Gasteiger partial charge in [0, 0.05) is 12.8 Å². The molecule has 82 valence electrons. The van der Waals surface area contributed by atoms with E-state index in [-0.39, 0.29) is 18.6 Å². The Balaban J connectivity index is 2.13. The molecule has 0 amide bonds. The Kier molecular flexibility index (Phi) is 1.96. The van der Waals surface area contributed by atoms with Crippen molar-refractivity contribution in [3.63, 3.8) is 0 Å². The zero-order valence-corrected chi connectivity index (χ0v) is 9.05. The molecule has 1 aliphatic carbocycles. The maximum Gasteiger partial charge on any atom is 0.136 e. The van der Waals surface area contributed by atoms with Crippen LogP contribution in [0.2, 0.25) is 0 Å². The lowest BCUT2D eigenvalue weighted by Crippen LogP contribution is -2.41. The summed E-state index contributed by atoms with van der Waals surface area (Å²) in [5.41, 5.74) is 1.43. The van der Waals surface area contributed by atoms with Crippen molar-refractivity contribution in [3.8, 4) is 6.07 Å². The monoisotopic (exact) mass is 223 g/mol. The number of benzene rings is 1. The molecule has 0 saturated heterocycles. The fourth-order valence-corrected chi connectivity index (χ4v) is 2.13. The summed E-state index contributed by atoms with van der Waals surface area (Å²) >= 11 is 0. The minimum absolute atomic E-state index is 0.113. The van der Waals surface area contributed by atoms with Gasteiger partial charge in [0.05, 0.1) is 29.0 Å². The first-order valence-electron chi connectivity index (χ1n) is 5.39. The van der Waals surface area contributed by atoms with Crippen molar-refractivity contribution in [1.29, 1.82) is 5.26 Å². The highest BCUT2D eigenvalue weighted by Gasteiger charge is 2.47. The number of ketones is 1. The lowest BCUT2D eigenvalue weighted by Gasteiger charge is -2.32. The van der Waals surface area contributed by atoms with Gasteiger partial charge in [-0.05, 0) is 12.1 Å². The third kappa shape index (κ3) is 1.40. The highest BCUT2D eigenvalue weighted by molar-refractivity contribution is 5.90. The molecule has 1 fully saturated rings. The molecule has 0 unspecified atom stereocenters. The van der Waals surface area contributed by atoms with Crippen molar-refractivity contribution in [1.82, 2.24) is 9.97 Å². The maximum absolute atomic E-state index is 11.1. The number of fused-ring (bicyclic) bond motifs is 1. The second-order valence-corrected chi connectivity index (χ2v) is 4.33. The summed E-state index contributed by atoms with van der Waals surface area (Å²) in [6, 6.07) is 9.71. The maximum atomic E-state index is 11.1. The first kappa shape index (κ1) is 9.91. The van der Waals surface area contributed by atoms with Gasteiger partial charge in [0.25, 0.3) is 0 Å². The summed E-state index contributed by atoms with van der Waals surface area (Å²) in [7, 11) is 0. The molecule has 4 heteroatoms. The Bertz CT molecular complexity index is 649. The second-order valence-electron chi connectivity index (χ2n) is 4.33. The van der Waals surface area contributed by atoms with E-state index in [0.717, 1.165) is 11.0 Å². The number of hydrogen-bond acceptors (Lipinski definition) is 4. The fourth-order valence-electron chi connectivity index (χ4n) is 2.13. The summed E-state index contributed by atoms with van der Waals surface area (Å²) in [6.45, 7) is 0. The SMILES string of the molecule is N#CC1(c2cnc3ccccc3n2)CC(=O)C1. The highest BCUT2D eigenvalue weighted by Crippen LogP contribution is 2.39. The number of carbonyl (C=O) groups is 1. The second kappa shape index (κ2) is 3.36. The number of nitriles is 1. The summed E-state index contributed by atoms with van der Waals surface area (Å²) in [5, 5.41) is 9.21. The van der Waals surface area contributed by atoms with Gasteiger partial charge in [-0.2, -0.15) is 5.26 Å². The van der Waals surface area contributed by atoms with E-state index >= 15 is 0 Å². The molecule has 0 N–H and O–H groups in total. The van der Waals surface area contributed by atoms with E-state index in [9.17, 15) is 10.1 Å². The number of rotatable bonds is 1. The van der Waals surface area contributed by atoms with Crippen molar-refractivity contribution in [2.75, 3.05) is 0 Å². The Labute approximate surface area is 97.9 Å². The van der Waals surface area contributed by atoms with Crippen molar-refractivity contribution in [3.05, 3.63) is 36.2 Å². The van der Waals surface area contributed by atoms with Gasteiger partial charge in [0.2, 0.25) is 0 Å². The molecule has 2 aromatic rings. The van der Waals surface area contributed by atoms with Gasteiger partial charge in [-0.25, -0.2) is 4.98 Å². The summed E-state index contributed by atoms with van der Waals surface area (Å²) in [5.74, 6) is 0.113. The van der Waals surface area contributed by atoms with Gasteiger partial charge in [-0.15, -0.1) is 0 Å². The minimum Gasteiger partial charge on any atom is -0.300 e. The zero-order chi connectivity index (χ0) is 11.9. The van der Waals surface area contributed by atoms with E-state index in [1.165, 1.54) is 0 Å². The smallest absolute Gasteiger partial charge is 0.136 e. The minimum atomic E-state index is -0.742. The van der Waals surface area contributed by atoms with Crippen LogP contribution in [0.4, 0.5) is 0 Å². The van der Waals surface area contributed by atoms with E-state index in [0.29, 0.717) is 5.69 Å². The molecule has 17 heavy (non-hydrogen) atoms. The van der Waals surface area contributed by atoms with Crippen LogP contribution in [0.5, 0.6) is 0 Å². The van der Waals surface area contributed by atoms with E-state index in [4.69, 9.17) is 0 Å². The molecule has 1 heterocycles. The van der Waals surface area contributed by atoms with E-state index in [1.54, 1.807) is 6.20 Å². The van der Waals surface area contributed by atoms with Crippen LogP contribution in [-0.4, -0.2) is 15.8 Å². The molecular formula is C13H9N3O. The van der Waals surface area contributed by atoms with Crippen LogP contribution >= 0.6 is 0 Å². The van der Waals surface area contributed by atoms with Gasteiger partial charge in [-0.1, -0.05) is 12.1 Å². The van der Waals surface area contributed by atoms with Crippen LogP contribution in [0.1, 0.15) is 18.5 Å². The molecule has 1 aliphatic rings. The number of para-hydroxylation sites is 2. The number of Topliss-reactive ketones (excluding diaryl/α,β-unsaturated/α-hetero) is 1. The topological polar surface area (TPSA) is 66.6 Å². The molecule has 0 aliphatic heterocycles. The first-order chi connectivity index (χ1) is 8.23.